The van der Waals surface area contributed by atoms with E-state index in [-0.39, 0.29) is 23.7 Å². The van der Waals surface area contributed by atoms with E-state index in [2.05, 4.69) is 20.6 Å². The Balaban J connectivity index is 2.49. The minimum Gasteiger partial charge on any atom is -0.476 e. The molecule has 0 aromatic carbocycles. The van der Waals surface area contributed by atoms with Crippen LogP contribution in [0.4, 0.5) is 5.82 Å². The van der Waals surface area contributed by atoms with Gasteiger partial charge >= 0.3 is 5.97 Å². The molecule has 1 heterocycles. The van der Waals surface area contributed by atoms with Crippen molar-refractivity contribution in [1.29, 1.82) is 0 Å². The summed E-state index contributed by atoms with van der Waals surface area (Å²) in [4.78, 5) is 29.5. The Bertz CT molecular complexity index is 437. The maximum Gasteiger partial charge on any atom is 0.356 e. The quantitative estimate of drug-likeness (QED) is 0.721. The molecule has 18 heavy (non-hydrogen) atoms. The van der Waals surface area contributed by atoms with E-state index in [1.54, 1.807) is 0 Å². The van der Waals surface area contributed by atoms with E-state index in [1.807, 2.05) is 20.8 Å². The molecule has 1 aromatic heterocycles. The average Bonchev–Trinajstić information content (AvgIpc) is 2.24. The van der Waals surface area contributed by atoms with Gasteiger partial charge in [0.1, 0.15) is 5.82 Å². The van der Waals surface area contributed by atoms with Crippen LogP contribution in [0.25, 0.3) is 0 Å². The summed E-state index contributed by atoms with van der Waals surface area (Å²) in [5.74, 6) is -0.963. The number of anilines is 1. The van der Waals surface area contributed by atoms with Crippen LogP contribution in [-0.2, 0) is 4.79 Å². The Morgan fingerprint density at radius 2 is 1.94 bits per heavy atom. The van der Waals surface area contributed by atoms with Crippen molar-refractivity contribution in [2.24, 2.45) is 0 Å². The molecular formula is C11H16N4O3. The molecule has 0 saturated heterocycles. The minimum atomic E-state index is -1.14. The molecule has 1 amide bonds. The van der Waals surface area contributed by atoms with E-state index in [0.29, 0.717) is 5.82 Å². The monoisotopic (exact) mass is 252 g/mol. The summed E-state index contributed by atoms with van der Waals surface area (Å²) < 4.78 is 0. The molecule has 3 N–H and O–H groups in total. The van der Waals surface area contributed by atoms with Crippen molar-refractivity contribution in [2.75, 3.05) is 11.9 Å². The first-order chi connectivity index (χ1) is 8.28. The summed E-state index contributed by atoms with van der Waals surface area (Å²) in [5, 5.41) is 14.2. The van der Waals surface area contributed by atoms with Crippen LogP contribution in [-0.4, -0.2) is 39.0 Å². The van der Waals surface area contributed by atoms with Crippen molar-refractivity contribution in [2.45, 2.75) is 26.3 Å². The number of carbonyl (C=O) groups is 2. The number of hydrogen-bond acceptors (Lipinski definition) is 5. The van der Waals surface area contributed by atoms with Gasteiger partial charge in [-0.3, -0.25) is 4.79 Å². The lowest BCUT2D eigenvalue weighted by Crippen LogP contribution is -2.43. The molecule has 0 radical (unpaired) electrons. The van der Waals surface area contributed by atoms with Gasteiger partial charge in [-0.1, -0.05) is 0 Å². The number of amides is 1. The Hall–Kier alpha value is -2.18. The highest BCUT2D eigenvalue weighted by atomic mass is 16.4. The highest BCUT2D eigenvalue weighted by Gasteiger charge is 2.13. The average molecular weight is 252 g/mol. The first kappa shape index (κ1) is 13.9. The third-order valence-corrected chi connectivity index (χ3v) is 1.82. The summed E-state index contributed by atoms with van der Waals surface area (Å²) >= 11 is 0. The van der Waals surface area contributed by atoms with Crippen molar-refractivity contribution in [3.05, 3.63) is 18.1 Å². The van der Waals surface area contributed by atoms with E-state index in [4.69, 9.17) is 5.11 Å². The van der Waals surface area contributed by atoms with E-state index in [9.17, 15) is 9.59 Å². The fourth-order valence-corrected chi connectivity index (χ4v) is 1.16. The van der Waals surface area contributed by atoms with E-state index in [1.165, 1.54) is 6.20 Å². The zero-order valence-corrected chi connectivity index (χ0v) is 10.5. The van der Waals surface area contributed by atoms with Gasteiger partial charge in [0.25, 0.3) is 0 Å². The number of aromatic carboxylic acids is 1. The Kier molecular flexibility index (Phi) is 4.19. The summed E-state index contributed by atoms with van der Waals surface area (Å²) in [5.41, 5.74) is -0.433. The molecule has 0 aliphatic carbocycles. The lowest BCUT2D eigenvalue weighted by atomic mass is 10.1. The smallest absolute Gasteiger partial charge is 0.356 e. The molecule has 0 spiro atoms. The zero-order chi connectivity index (χ0) is 13.8. The summed E-state index contributed by atoms with van der Waals surface area (Å²) in [7, 11) is 0. The van der Waals surface area contributed by atoms with Crippen LogP contribution in [0, 0.1) is 0 Å². The third kappa shape index (κ3) is 4.77. The number of aromatic nitrogens is 2. The number of hydrogen-bond donors (Lipinski definition) is 3. The molecule has 0 aliphatic rings. The molecule has 0 bridgehead atoms. The van der Waals surface area contributed by atoms with Gasteiger partial charge in [0.05, 0.1) is 18.9 Å². The van der Waals surface area contributed by atoms with Crippen LogP contribution in [0.2, 0.25) is 0 Å². The Morgan fingerprint density at radius 3 is 2.39 bits per heavy atom. The van der Waals surface area contributed by atoms with Gasteiger partial charge in [0.15, 0.2) is 5.69 Å². The highest BCUT2D eigenvalue weighted by Crippen LogP contribution is 2.01. The molecule has 0 fully saturated rings. The minimum absolute atomic E-state index is 0.0539. The van der Waals surface area contributed by atoms with Crippen molar-refractivity contribution in [1.82, 2.24) is 15.3 Å². The normalized spacial score (nSPS) is 10.8. The molecule has 7 nitrogen and oxygen atoms in total. The maximum atomic E-state index is 11.5. The zero-order valence-electron chi connectivity index (χ0n) is 10.5. The Labute approximate surface area is 105 Å². The molecule has 1 rings (SSSR count). The number of nitrogens with zero attached hydrogens (tertiary/aromatic N) is 2. The topological polar surface area (TPSA) is 104 Å². The first-order valence-electron chi connectivity index (χ1n) is 5.38. The van der Waals surface area contributed by atoms with Crippen LogP contribution in [0.1, 0.15) is 31.3 Å². The van der Waals surface area contributed by atoms with Gasteiger partial charge in [-0.2, -0.15) is 0 Å². The van der Waals surface area contributed by atoms with E-state index in [0.717, 1.165) is 6.20 Å². The van der Waals surface area contributed by atoms with Gasteiger partial charge in [0.2, 0.25) is 5.91 Å². The van der Waals surface area contributed by atoms with Gasteiger partial charge in [-0.05, 0) is 20.8 Å². The molecule has 1 aromatic rings. The van der Waals surface area contributed by atoms with Crippen LogP contribution in [0.3, 0.4) is 0 Å². The molecular weight excluding hydrogens is 236 g/mol. The lowest BCUT2D eigenvalue weighted by molar-refractivity contribution is -0.120. The number of nitrogens with one attached hydrogen (secondary N) is 2. The lowest BCUT2D eigenvalue weighted by Gasteiger charge is -2.20. The molecule has 0 saturated carbocycles. The second kappa shape index (κ2) is 5.44. The van der Waals surface area contributed by atoms with Crippen LogP contribution >= 0.6 is 0 Å². The summed E-state index contributed by atoms with van der Waals surface area (Å²) in [6.45, 7) is 5.70. The molecule has 0 aliphatic heterocycles. The molecule has 98 valence electrons. The van der Waals surface area contributed by atoms with Crippen LogP contribution in [0.5, 0.6) is 0 Å². The number of carboxylic acid groups (broad SMARTS) is 1. The summed E-state index contributed by atoms with van der Waals surface area (Å²) in [6, 6.07) is 0. The number of carboxylic acids is 1. The Morgan fingerprint density at radius 1 is 1.28 bits per heavy atom. The largest absolute Gasteiger partial charge is 0.476 e. The molecule has 0 atom stereocenters. The van der Waals surface area contributed by atoms with Crippen molar-refractivity contribution < 1.29 is 14.7 Å². The van der Waals surface area contributed by atoms with E-state index < -0.39 is 5.97 Å². The molecule has 7 heteroatoms. The van der Waals surface area contributed by atoms with Crippen molar-refractivity contribution >= 4 is 17.7 Å². The van der Waals surface area contributed by atoms with Crippen LogP contribution < -0.4 is 10.6 Å². The number of carbonyl (C=O) groups excluding carboxylic acids is 1. The van der Waals surface area contributed by atoms with Gasteiger partial charge in [-0.25, -0.2) is 14.8 Å². The summed E-state index contributed by atoms with van der Waals surface area (Å²) in [6.07, 6.45) is 2.40. The van der Waals surface area contributed by atoms with Gasteiger partial charge in [-0.15, -0.1) is 0 Å². The van der Waals surface area contributed by atoms with Gasteiger partial charge in [0, 0.05) is 5.54 Å². The third-order valence-electron chi connectivity index (χ3n) is 1.82. The highest BCUT2D eigenvalue weighted by molar-refractivity contribution is 5.85. The fraction of sp³-hybridized carbons (Fsp3) is 0.455. The predicted octanol–water partition coefficient (Wildman–Crippen LogP) is 0.501. The van der Waals surface area contributed by atoms with E-state index >= 15 is 0 Å². The molecule has 0 unspecified atom stereocenters. The maximum absolute atomic E-state index is 11.5. The fourth-order valence-electron chi connectivity index (χ4n) is 1.16. The van der Waals surface area contributed by atoms with Crippen molar-refractivity contribution in [3.63, 3.8) is 0 Å². The van der Waals surface area contributed by atoms with Crippen molar-refractivity contribution in [3.8, 4) is 0 Å². The first-order valence-corrected chi connectivity index (χ1v) is 5.38. The van der Waals surface area contributed by atoms with Crippen LogP contribution in [0.15, 0.2) is 12.4 Å². The second-order valence-corrected chi connectivity index (χ2v) is 4.74. The second-order valence-electron chi connectivity index (χ2n) is 4.74. The SMILES string of the molecule is CC(C)(C)NC(=O)CNc1cnc(C(=O)O)cn1. The standard InChI is InChI=1S/C11H16N4O3/c1-11(2,3)15-9(16)6-14-8-5-12-7(4-13-8)10(17)18/h4-5H,6H2,1-3H3,(H,13,14)(H,15,16)(H,17,18). The van der Waals surface area contributed by atoms with Gasteiger partial charge < -0.3 is 15.7 Å². The predicted molar refractivity (Wildman–Crippen MR) is 65.4 cm³/mol. The number of rotatable bonds is 4.